The van der Waals surface area contributed by atoms with E-state index in [-0.39, 0.29) is 32.9 Å². The first-order valence-electron chi connectivity index (χ1n) is 10.00. The molecule has 0 atom stereocenters. The number of pyridine rings is 1. The number of H-pyrrole nitrogens is 1. The van der Waals surface area contributed by atoms with Crippen molar-refractivity contribution in [2.24, 2.45) is 0 Å². The highest BCUT2D eigenvalue weighted by molar-refractivity contribution is 6.37. The van der Waals surface area contributed by atoms with Gasteiger partial charge in [-0.1, -0.05) is 29.3 Å². The van der Waals surface area contributed by atoms with Crippen molar-refractivity contribution in [1.82, 2.24) is 19.3 Å². The highest BCUT2D eigenvalue weighted by Crippen LogP contribution is 2.38. The molecule has 9 nitrogen and oxygen atoms in total. The van der Waals surface area contributed by atoms with Gasteiger partial charge < -0.3 is 9.47 Å². The van der Waals surface area contributed by atoms with Crippen LogP contribution in [-0.4, -0.2) is 25.7 Å². The molecule has 0 aliphatic carbocycles. The van der Waals surface area contributed by atoms with Crippen LogP contribution in [0.15, 0.2) is 69.1 Å². The summed E-state index contributed by atoms with van der Waals surface area (Å²) in [6, 6.07) is 9.53. The van der Waals surface area contributed by atoms with E-state index in [9.17, 15) is 31.9 Å². The first-order chi connectivity index (χ1) is 17.4. The van der Waals surface area contributed by atoms with Gasteiger partial charge in [-0.2, -0.15) is 9.78 Å². The summed E-state index contributed by atoms with van der Waals surface area (Å²) < 4.78 is 62.0. The zero-order valence-electron chi connectivity index (χ0n) is 18.1. The summed E-state index contributed by atoms with van der Waals surface area (Å²) in [4.78, 5) is 38.0. The highest BCUT2D eigenvalue weighted by atomic mass is 35.5. The first kappa shape index (κ1) is 26.0. The molecule has 0 saturated heterocycles. The number of hydrogen-bond acceptors (Lipinski definition) is 6. The van der Waals surface area contributed by atoms with Crippen LogP contribution in [0.5, 0.6) is 17.2 Å². The van der Waals surface area contributed by atoms with Gasteiger partial charge in [-0.3, -0.25) is 19.1 Å². The highest BCUT2D eigenvalue weighted by Gasteiger charge is 2.31. The lowest BCUT2D eigenvalue weighted by Gasteiger charge is -2.14. The Morgan fingerprint density at radius 3 is 2.30 bits per heavy atom. The molecule has 4 rings (SSSR count). The largest absolute Gasteiger partial charge is 0.573 e. The molecule has 0 amide bonds. The van der Waals surface area contributed by atoms with Crippen molar-refractivity contribution in [2.45, 2.75) is 13.0 Å². The van der Waals surface area contributed by atoms with Crippen LogP contribution in [0.25, 0.3) is 11.4 Å². The molecule has 0 radical (unpaired) electrons. The van der Waals surface area contributed by atoms with Gasteiger partial charge in [0, 0.05) is 12.1 Å². The molecule has 0 aliphatic heterocycles. The Bertz CT molecular complexity index is 1640. The number of benzene rings is 2. The van der Waals surface area contributed by atoms with E-state index in [2.05, 4.69) is 9.84 Å². The molecule has 37 heavy (non-hydrogen) atoms. The van der Waals surface area contributed by atoms with E-state index < -0.39 is 41.3 Å². The van der Waals surface area contributed by atoms with Gasteiger partial charge in [0.2, 0.25) is 0 Å². The van der Waals surface area contributed by atoms with Crippen LogP contribution < -0.4 is 26.3 Å². The molecule has 1 N–H and O–H groups in total. The van der Waals surface area contributed by atoms with Gasteiger partial charge in [0.25, 0.3) is 11.1 Å². The summed E-state index contributed by atoms with van der Waals surface area (Å²) in [5, 5.41) is 3.40. The maximum Gasteiger partial charge on any atom is 0.573 e. The number of rotatable bonds is 6. The van der Waals surface area contributed by atoms with Crippen molar-refractivity contribution in [2.75, 3.05) is 0 Å². The average Bonchev–Trinajstić information content (AvgIpc) is 2.81. The zero-order chi connectivity index (χ0) is 26.9. The van der Waals surface area contributed by atoms with E-state index in [1.54, 1.807) is 0 Å². The lowest BCUT2D eigenvalue weighted by Crippen LogP contribution is -2.33. The normalized spacial score (nSPS) is 11.4. The fourth-order valence-electron chi connectivity index (χ4n) is 3.14. The summed E-state index contributed by atoms with van der Waals surface area (Å²) >= 11 is 12.5. The summed E-state index contributed by atoms with van der Waals surface area (Å²) in [6.07, 6.45) is -3.73. The fourth-order valence-corrected chi connectivity index (χ4v) is 3.69. The van der Waals surface area contributed by atoms with Gasteiger partial charge in [-0.25, -0.2) is 9.18 Å². The van der Waals surface area contributed by atoms with Crippen LogP contribution in [0.4, 0.5) is 17.6 Å². The number of alkyl halides is 4. The van der Waals surface area contributed by atoms with Crippen molar-refractivity contribution in [1.29, 1.82) is 0 Å². The van der Waals surface area contributed by atoms with Crippen LogP contribution in [0, 0.1) is 0 Å². The molecule has 0 unspecified atom stereocenters. The number of hydrogen-bond donors (Lipinski definition) is 1. The van der Waals surface area contributed by atoms with Crippen LogP contribution in [-0.2, 0) is 6.67 Å². The molecule has 2 aromatic heterocycles. The Hall–Kier alpha value is -4.10. The monoisotopic (exact) mass is 558 g/mol. The summed E-state index contributed by atoms with van der Waals surface area (Å²) in [5.41, 5.74) is -3.03. The van der Waals surface area contributed by atoms with Crippen molar-refractivity contribution in [3.63, 3.8) is 0 Å². The minimum absolute atomic E-state index is 0.00949. The van der Waals surface area contributed by atoms with Gasteiger partial charge >= 0.3 is 12.1 Å². The molecule has 0 bridgehead atoms. The molecular weight excluding hydrogens is 547 g/mol. The number of nitrogens with one attached hydrogen (secondary N) is 1. The van der Waals surface area contributed by atoms with E-state index in [0.29, 0.717) is 4.68 Å². The van der Waals surface area contributed by atoms with Crippen LogP contribution >= 0.6 is 23.2 Å². The lowest BCUT2D eigenvalue weighted by molar-refractivity contribution is -0.274. The smallest absolute Gasteiger partial charge is 0.453 e. The van der Waals surface area contributed by atoms with Crippen molar-refractivity contribution < 1.29 is 27.0 Å². The third-order valence-electron chi connectivity index (χ3n) is 4.68. The second kappa shape index (κ2) is 10.1. The van der Waals surface area contributed by atoms with Crippen LogP contribution in [0.3, 0.4) is 0 Å². The third-order valence-corrected chi connectivity index (χ3v) is 5.24. The SMILES string of the molecule is O=c1[nH]c(=O)n(-c2cc(Cl)c(Oc3ccc(=O)n(-c4cccc(OC(F)(F)F)c4)c3)c(Cl)c2)nc1CF. The van der Waals surface area contributed by atoms with E-state index in [4.69, 9.17) is 27.9 Å². The number of aromatic nitrogens is 4. The maximum absolute atomic E-state index is 13.0. The standard InChI is InChI=1S/C22H12Cl2F4N4O5/c23-15-7-12(32-21(35)29-20(34)17(9-25)30-32)8-16(24)19(15)36-14-4-5-18(33)31(10-14)11-2-1-3-13(6-11)37-22(26,27)28/h1-8,10H,9H2,(H,29,34,35). The predicted molar refractivity (Wildman–Crippen MR) is 124 cm³/mol. The minimum atomic E-state index is -4.92. The molecule has 0 aliphatic rings. The van der Waals surface area contributed by atoms with E-state index >= 15 is 0 Å². The molecule has 0 saturated carbocycles. The Morgan fingerprint density at radius 2 is 1.65 bits per heavy atom. The molecule has 0 spiro atoms. The second-order valence-corrected chi connectivity index (χ2v) is 8.02. The Balaban J connectivity index is 1.69. The summed E-state index contributed by atoms with van der Waals surface area (Å²) in [5.74, 6) is -0.612. The lowest BCUT2D eigenvalue weighted by atomic mass is 10.3. The van der Waals surface area contributed by atoms with Crippen molar-refractivity contribution >= 4 is 23.2 Å². The van der Waals surface area contributed by atoms with Gasteiger partial charge in [-0.15, -0.1) is 13.2 Å². The molecule has 2 aromatic carbocycles. The minimum Gasteiger partial charge on any atom is -0.453 e. The van der Waals surface area contributed by atoms with Gasteiger partial charge in [0.1, 0.15) is 18.2 Å². The zero-order valence-corrected chi connectivity index (χ0v) is 19.6. The van der Waals surface area contributed by atoms with E-state index in [0.717, 1.165) is 22.8 Å². The molecule has 15 heteroatoms. The van der Waals surface area contributed by atoms with E-state index in [1.807, 2.05) is 4.98 Å². The van der Waals surface area contributed by atoms with Crippen molar-refractivity contribution in [3.05, 3.63) is 102 Å². The third kappa shape index (κ3) is 5.84. The quantitative estimate of drug-likeness (QED) is 0.348. The van der Waals surface area contributed by atoms with Crippen molar-refractivity contribution in [3.8, 4) is 28.6 Å². The predicted octanol–water partition coefficient (Wildman–Crippen LogP) is 4.54. The molecular formula is C22H12Cl2F4N4O5. The van der Waals surface area contributed by atoms with Gasteiger partial charge in [0.15, 0.2) is 11.4 Å². The average molecular weight is 559 g/mol. The van der Waals surface area contributed by atoms with E-state index in [1.165, 1.54) is 36.5 Å². The van der Waals surface area contributed by atoms with Crippen LogP contribution in [0.1, 0.15) is 5.69 Å². The fraction of sp³-hybridized carbons (Fsp3) is 0.0909. The molecule has 4 aromatic rings. The number of ether oxygens (including phenoxy) is 2. The number of aromatic amines is 1. The Kier molecular flexibility index (Phi) is 7.09. The first-order valence-corrected chi connectivity index (χ1v) is 10.8. The number of halogens is 6. The molecule has 0 fully saturated rings. The molecule has 2 heterocycles. The second-order valence-electron chi connectivity index (χ2n) is 7.21. The summed E-state index contributed by atoms with van der Waals surface area (Å²) in [6.45, 7) is -1.22. The maximum atomic E-state index is 13.0. The Morgan fingerprint density at radius 1 is 0.946 bits per heavy atom. The summed E-state index contributed by atoms with van der Waals surface area (Å²) in [7, 11) is 0. The topological polar surface area (TPSA) is 108 Å². The Labute approximate surface area is 213 Å². The van der Waals surface area contributed by atoms with Gasteiger partial charge in [0.05, 0.1) is 27.6 Å². The molecule has 192 valence electrons. The number of nitrogens with zero attached hydrogens (tertiary/aromatic N) is 3. The van der Waals surface area contributed by atoms with Gasteiger partial charge in [-0.05, 0) is 30.3 Å². The van der Waals surface area contributed by atoms with Crippen LogP contribution in [0.2, 0.25) is 10.0 Å².